The number of nitrogens with one attached hydrogen (secondary N) is 2. The molecule has 7 rings (SSSR count). The van der Waals surface area contributed by atoms with Crippen LogP contribution in [0.15, 0.2) is 35.5 Å². The van der Waals surface area contributed by atoms with Gasteiger partial charge in [-0.3, -0.25) is 9.69 Å². The summed E-state index contributed by atoms with van der Waals surface area (Å²) in [6.45, 7) is 5.41. The first-order valence-corrected chi connectivity index (χ1v) is 14.5. The van der Waals surface area contributed by atoms with Crippen molar-refractivity contribution in [3.8, 4) is 11.1 Å². The number of H-pyrrole nitrogens is 1. The number of anilines is 2. The second-order valence-electron chi connectivity index (χ2n) is 11.5. The Hall–Kier alpha value is -4.62. The second kappa shape index (κ2) is 10.8. The van der Waals surface area contributed by atoms with Crippen molar-refractivity contribution in [2.24, 2.45) is 13.0 Å². The Morgan fingerprint density at radius 2 is 1.95 bits per heavy atom. The van der Waals surface area contributed by atoms with Gasteiger partial charge in [0.1, 0.15) is 16.9 Å². The van der Waals surface area contributed by atoms with Gasteiger partial charge in [-0.2, -0.15) is 0 Å². The van der Waals surface area contributed by atoms with Crippen LogP contribution >= 0.6 is 0 Å². The fourth-order valence-electron chi connectivity index (χ4n) is 6.68. The number of ether oxygens (including phenoxy) is 1. The van der Waals surface area contributed by atoms with Crippen LogP contribution in [-0.4, -0.2) is 88.5 Å². The fourth-order valence-corrected chi connectivity index (χ4v) is 6.68. The molecule has 0 unspecified atom stereocenters. The highest BCUT2D eigenvalue weighted by Crippen LogP contribution is 2.44. The van der Waals surface area contributed by atoms with Crippen LogP contribution in [0.4, 0.5) is 20.2 Å². The van der Waals surface area contributed by atoms with Crippen LogP contribution in [0.3, 0.4) is 0 Å². The van der Waals surface area contributed by atoms with Gasteiger partial charge in [-0.15, -0.1) is 0 Å². The number of carboxylic acid groups (broad SMARTS) is 1. The van der Waals surface area contributed by atoms with E-state index in [-0.39, 0.29) is 16.3 Å². The first-order valence-electron chi connectivity index (χ1n) is 14.5. The maximum atomic E-state index is 15.7. The lowest BCUT2D eigenvalue weighted by Gasteiger charge is -2.29. The number of rotatable bonds is 6. The number of benzene rings is 1. The van der Waals surface area contributed by atoms with Crippen molar-refractivity contribution >= 4 is 50.3 Å². The van der Waals surface area contributed by atoms with E-state index >= 15 is 4.39 Å². The van der Waals surface area contributed by atoms with Crippen LogP contribution in [0.2, 0.25) is 0 Å². The zero-order valence-corrected chi connectivity index (χ0v) is 24.3. The number of halogens is 2. The molecule has 2 saturated heterocycles. The summed E-state index contributed by atoms with van der Waals surface area (Å²) in [6, 6.07) is 2.72. The van der Waals surface area contributed by atoms with Crippen molar-refractivity contribution in [3.05, 3.63) is 58.1 Å². The highest BCUT2D eigenvalue weighted by molar-refractivity contribution is 6.18. The molecule has 228 valence electrons. The predicted octanol–water partition coefficient (Wildman–Crippen LogP) is 3.81. The lowest BCUT2D eigenvalue weighted by molar-refractivity contribution is 0.0320. The van der Waals surface area contributed by atoms with Gasteiger partial charge in [-0.05, 0) is 18.4 Å². The van der Waals surface area contributed by atoms with Gasteiger partial charge >= 0.3 is 5.97 Å². The molecule has 1 atom stereocenters. The summed E-state index contributed by atoms with van der Waals surface area (Å²) in [4.78, 5) is 41.9. The number of aryl methyl sites for hydroxylation is 1. The average Bonchev–Trinajstić information content (AvgIpc) is 3.65. The second-order valence-corrected chi connectivity index (χ2v) is 11.5. The molecule has 13 heteroatoms. The fraction of sp³-hybridized carbons (Fsp3) is 0.355. The van der Waals surface area contributed by atoms with E-state index in [1.165, 1.54) is 10.8 Å². The molecule has 0 aliphatic carbocycles. The molecular weight excluding hydrogens is 572 g/mol. The Morgan fingerprint density at radius 3 is 2.70 bits per heavy atom. The van der Waals surface area contributed by atoms with Crippen LogP contribution in [0.1, 0.15) is 16.8 Å². The number of aromatic nitrogens is 4. The number of fused-ring (bicyclic) bond motifs is 4. The summed E-state index contributed by atoms with van der Waals surface area (Å²) in [6.07, 6.45) is 5.39. The maximum absolute atomic E-state index is 15.7. The zero-order valence-electron chi connectivity index (χ0n) is 24.3. The molecule has 2 aliphatic heterocycles. The molecule has 0 spiro atoms. The Kier molecular flexibility index (Phi) is 6.93. The van der Waals surface area contributed by atoms with E-state index in [1.54, 1.807) is 32.6 Å². The van der Waals surface area contributed by atoms with Crippen LogP contribution < -0.4 is 15.6 Å². The summed E-state index contributed by atoms with van der Waals surface area (Å²) < 4.78 is 37.6. The number of aromatic carboxylic acids is 1. The van der Waals surface area contributed by atoms with Crippen LogP contribution in [-0.2, 0) is 11.8 Å². The first-order chi connectivity index (χ1) is 21.2. The molecule has 6 heterocycles. The summed E-state index contributed by atoms with van der Waals surface area (Å²) in [5.41, 5.74) is 2.24. The van der Waals surface area contributed by atoms with Gasteiger partial charge in [0, 0.05) is 82.6 Å². The highest BCUT2D eigenvalue weighted by Gasteiger charge is 2.31. The third-order valence-corrected chi connectivity index (χ3v) is 8.81. The average molecular weight is 604 g/mol. The minimum Gasteiger partial charge on any atom is -0.477 e. The number of morpholine rings is 1. The van der Waals surface area contributed by atoms with Gasteiger partial charge in [0.25, 0.3) is 0 Å². The monoisotopic (exact) mass is 603 g/mol. The van der Waals surface area contributed by atoms with Gasteiger partial charge in [0.2, 0.25) is 5.43 Å². The van der Waals surface area contributed by atoms with E-state index < -0.39 is 23.0 Å². The van der Waals surface area contributed by atoms with Crippen molar-refractivity contribution in [1.82, 2.24) is 24.4 Å². The number of pyridine rings is 3. The molecule has 0 bridgehead atoms. The first kappa shape index (κ1) is 28.2. The Morgan fingerprint density at radius 1 is 1.16 bits per heavy atom. The van der Waals surface area contributed by atoms with E-state index in [9.17, 15) is 19.1 Å². The van der Waals surface area contributed by atoms with Gasteiger partial charge in [-0.25, -0.2) is 23.5 Å². The number of hydrogen-bond donors (Lipinski definition) is 3. The lowest BCUT2D eigenvalue weighted by Crippen LogP contribution is -2.39. The molecule has 44 heavy (non-hydrogen) atoms. The Balaban J connectivity index is 1.45. The lowest BCUT2D eigenvalue weighted by atomic mass is 10.0. The normalized spacial score (nSPS) is 17.7. The van der Waals surface area contributed by atoms with Crippen LogP contribution in [0, 0.1) is 17.6 Å². The Bertz CT molecular complexity index is 2020. The van der Waals surface area contributed by atoms with E-state index in [2.05, 4.69) is 30.1 Å². The maximum Gasteiger partial charge on any atom is 0.341 e. The van der Waals surface area contributed by atoms with Crippen molar-refractivity contribution in [2.75, 3.05) is 63.2 Å². The minimum absolute atomic E-state index is 0.0863. The summed E-state index contributed by atoms with van der Waals surface area (Å²) >= 11 is 0. The smallest absolute Gasteiger partial charge is 0.341 e. The predicted molar refractivity (Wildman–Crippen MR) is 164 cm³/mol. The summed E-state index contributed by atoms with van der Waals surface area (Å²) in [7, 11) is 3.27. The molecule has 11 nitrogen and oxygen atoms in total. The molecule has 0 radical (unpaired) electrons. The highest BCUT2D eigenvalue weighted by atomic mass is 19.2. The zero-order chi connectivity index (χ0) is 30.7. The molecule has 2 fully saturated rings. The van der Waals surface area contributed by atoms with Gasteiger partial charge < -0.3 is 29.6 Å². The van der Waals surface area contributed by atoms with E-state index in [0.717, 1.165) is 32.1 Å². The third kappa shape index (κ3) is 4.54. The quantitative estimate of drug-likeness (QED) is 0.266. The van der Waals surface area contributed by atoms with Gasteiger partial charge in [-0.1, -0.05) is 0 Å². The third-order valence-electron chi connectivity index (χ3n) is 8.81. The molecular formula is C31H31F2N7O4. The van der Waals surface area contributed by atoms with Crippen molar-refractivity contribution in [3.63, 3.8) is 0 Å². The van der Waals surface area contributed by atoms with E-state index in [1.807, 2.05) is 0 Å². The van der Waals surface area contributed by atoms with Crippen molar-refractivity contribution in [2.45, 2.75) is 6.42 Å². The number of carbonyl (C=O) groups is 1. The van der Waals surface area contributed by atoms with E-state index in [0.29, 0.717) is 76.9 Å². The largest absolute Gasteiger partial charge is 0.477 e. The molecule has 3 N–H and O–H groups in total. The van der Waals surface area contributed by atoms with Crippen molar-refractivity contribution in [1.29, 1.82) is 0 Å². The number of carboxylic acids is 1. The molecule has 4 aromatic heterocycles. The molecule has 0 amide bonds. The molecule has 1 aromatic carbocycles. The van der Waals surface area contributed by atoms with Crippen LogP contribution in [0.5, 0.6) is 0 Å². The summed E-state index contributed by atoms with van der Waals surface area (Å²) in [5, 5.41) is 13.2. The van der Waals surface area contributed by atoms with Gasteiger partial charge in [0.05, 0.1) is 46.3 Å². The van der Waals surface area contributed by atoms with E-state index in [4.69, 9.17) is 4.74 Å². The number of aromatic amines is 1. The number of nitrogens with zero attached hydrogens (tertiary/aromatic N) is 5. The van der Waals surface area contributed by atoms with Crippen LogP contribution in [0.25, 0.3) is 44.1 Å². The standard InChI is InChI=1S/C31H31F2N7O4/c1-34-22-10-21(32)25(33)23-24-27(40-4-3-16(14-40)13-39-5-7-44-8-6-39)19(12-35-29(24)37-26(22)23)17-9-18-28(41)20(31(42)43)15-38(2)30(18)36-11-17/h9-12,15-16,34H,3-8,13-14H2,1-2H3,(H,35,37)(H,42,43)/t16-/m0/s1. The summed E-state index contributed by atoms with van der Waals surface area (Å²) in [5.74, 6) is -2.96. The SMILES string of the molecule is CNc1cc(F)c(F)c2c1[nH]c1ncc(-c3cnc4c(c3)c(=O)c(C(=O)O)cn4C)c(N3CC[C@@H](CN4CCOCC4)C3)c12. The molecule has 0 saturated carbocycles. The molecule has 2 aliphatic rings. The topological polar surface area (TPSA) is 129 Å². The number of hydrogen-bond acceptors (Lipinski definition) is 8. The minimum atomic E-state index is -1.33. The van der Waals surface area contributed by atoms with Crippen molar-refractivity contribution < 1.29 is 23.4 Å². The Labute approximate surface area is 250 Å². The van der Waals surface area contributed by atoms with Gasteiger partial charge in [0.15, 0.2) is 11.6 Å². The molecule has 5 aromatic rings.